The normalized spacial score (nSPS) is 14.8. The molecule has 4 amide bonds. The maximum atomic E-state index is 13.5. The second-order valence-corrected chi connectivity index (χ2v) is 12.7. The van der Waals surface area contributed by atoms with E-state index in [0.29, 0.717) is 37.6 Å². The summed E-state index contributed by atoms with van der Waals surface area (Å²) in [4.78, 5) is 54.3. The molecule has 0 radical (unpaired) electrons. The molecule has 44 heavy (non-hydrogen) atoms. The molecule has 0 bridgehead atoms. The molecule has 0 aliphatic carbocycles. The SMILES string of the molecule is COc1ccc(/C=C(\NC(=O)c2ccccc2)C(=O)Nc2cccc(SC3CC(=O)N(c4ccc(Br)cc4)C3=O)c2)cc1Br. The Morgan fingerprint density at radius 1 is 0.932 bits per heavy atom. The van der Waals surface area contributed by atoms with E-state index >= 15 is 0 Å². The number of rotatable bonds is 9. The Kier molecular flexibility index (Phi) is 9.99. The van der Waals surface area contributed by atoms with E-state index in [1.807, 2.05) is 6.07 Å². The van der Waals surface area contributed by atoms with E-state index in [2.05, 4.69) is 42.5 Å². The standard InChI is InChI=1S/C33H25Br2N3O5S/c1-43-28-15-10-20(16-26(28)35)17-27(37-31(40)21-6-3-2-4-7-21)32(41)36-23-8-5-9-25(18-23)44-29-19-30(39)38(33(29)42)24-13-11-22(34)12-14-24/h2-18,29H,19H2,1H3,(H,36,41)(H,37,40)/b27-17-. The van der Waals surface area contributed by atoms with E-state index in [9.17, 15) is 19.2 Å². The molecule has 1 unspecified atom stereocenters. The fraction of sp³-hybridized carbons (Fsp3) is 0.0909. The lowest BCUT2D eigenvalue weighted by molar-refractivity contribution is -0.121. The molecule has 1 heterocycles. The van der Waals surface area contributed by atoms with Crippen LogP contribution in [0.2, 0.25) is 0 Å². The van der Waals surface area contributed by atoms with E-state index in [4.69, 9.17) is 4.74 Å². The number of benzene rings is 4. The van der Waals surface area contributed by atoms with Gasteiger partial charge in [0.2, 0.25) is 11.8 Å². The monoisotopic (exact) mass is 733 g/mol. The van der Waals surface area contributed by atoms with E-state index in [-0.39, 0.29) is 23.9 Å². The Bertz CT molecular complexity index is 1760. The number of nitrogens with one attached hydrogen (secondary N) is 2. The number of carbonyl (C=O) groups excluding carboxylic acids is 4. The van der Waals surface area contributed by atoms with Gasteiger partial charge in [-0.25, -0.2) is 4.90 Å². The molecular weight excluding hydrogens is 710 g/mol. The Morgan fingerprint density at radius 2 is 1.68 bits per heavy atom. The number of methoxy groups -OCH3 is 1. The average Bonchev–Trinajstić information content (AvgIpc) is 3.29. The van der Waals surface area contributed by atoms with E-state index in [1.165, 1.54) is 16.7 Å². The predicted octanol–water partition coefficient (Wildman–Crippen LogP) is 7.05. The Morgan fingerprint density at radius 3 is 2.39 bits per heavy atom. The first-order valence-corrected chi connectivity index (χ1v) is 15.8. The Labute approximate surface area is 275 Å². The summed E-state index contributed by atoms with van der Waals surface area (Å²) in [5, 5.41) is 4.96. The lowest BCUT2D eigenvalue weighted by Crippen LogP contribution is -2.31. The van der Waals surface area contributed by atoms with Crippen molar-refractivity contribution in [1.82, 2.24) is 5.32 Å². The predicted molar refractivity (Wildman–Crippen MR) is 179 cm³/mol. The largest absolute Gasteiger partial charge is 0.496 e. The quantitative estimate of drug-likeness (QED) is 0.141. The van der Waals surface area contributed by atoms with Gasteiger partial charge in [0, 0.05) is 27.0 Å². The minimum absolute atomic E-state index is 0.0238. The van der Waals surface area contributed by atoms with Crippen LogP contribution in [0.15, 0.2) is 117 Å². The number of hydrogen-bond donors (Lipinski definition) is 2. The summed E-state index contributed by atoms with van der Waals surface area (Å²) in [6.07, 6.45) is 1.63. The van der Waals surface area contributed by atoms with Crippen molar-refractivity contribution in [3.05, 3.63) is 123 Å². The van der Waals surface area contributed by atoms with Gasteiger partial charge in [-0.2, -0.15) is 0 Å². The van der Waals surface area contributed by atoms with Gasteiger partial charge >= 0.3 is 0 Å². The highest BCUT2D eigenvalue weighted by molar-refractivity contribution is 9.10. The molecule has 222 valence electrons. The molecule has 4 aromatic rings. The molecule has 0 saturated carbocycles. The number of carbonyl (C=O) groups is 4. The average molecular weight is 735 g/mol. The van der Waals surface area contributed by atoms with Gasteiger partial charge in [0.1, 0.15) is 11.4 Å². The van der Waals surface area contributed by atoms with Crippen molar-refractivity contribution in [2.24, 2.45) is 0 Å². The van der Waals surface area contributed by atoms with Gasteiger partial charge < -0.3 is 15.4 Å². The zero-order valence-electron chi connectivity index (χ0n) is 23.3. The van der Waals surface area contributed by atoms with Gasteiger partial charge in [-0.15, -0.1) is 11.8 Å². The van der Waals surface area contributed by atoms with Crippen LogP contribution in [0.4, 0.5) is 11.4 Å². The first-order valence-electron chi connectivity index (χ1n) is 13.3. The maximum absolute atomic E-state index is 13.5. The van der Waals surface area contributed by atoms with Gasteiger partial charge in [-0.3, -0.25) is 19.2 Å². The van der Waals surface area contributed by atoms with E-state index < -0.39 is 17.1 Å². The fourth-order valence-electron chi connectivity index (χ4n) is 4.45. The van der Waals surface area contributed by atoms with Crippen molar-refractivity contribution >= 4 is 84.7 Å². The maximum Gasteiger partial charge on any atom is 0.272 e. The van der Waals surface area contributed by atoms with Gasteiger partial charge in [0.05, 0.1) is 22.5 Å². The number of hydrogen-bond acceptors (Lipinski definition) is 6. The molecule has 2 N–H and O–H groups in total. The van der Waals surface area contributed by atoms with Crippen LogP contribution in [0.3, 0.4) is 0 Å². The lowest BCUT2D eigenvalue weighted by Gasteiger charge is -2.15. The lowest BCUT2D eigenvalue weighted by atomic mass is 10.1. The van der Waals surface area contributed by atoms with Gasteiger partial charge in [-0.1, -0.05) is 46.3 Å². The molecule has 4 aromatic carbocycles. The Balaban J connectivity index is 1.34. The van der Waals surface area contributed by atoms with Gasteiger partial charge in [0.15, 0.2) is 0 Å². The van der Waals surface area contributed by atoms with Crippen molar-refractivity contribution < 1.29 is 23.9 Å². The summed E-state index contributed by atoms with van der Waals surface area (Å²) < 4.78 is 6.83. The molecule has 11 heteroatoms. The highest BCUT2D eigenvalue weighted by atomic mass is 79.9. The molecule has 1 atom stereocenters. The zero-order valence-corrected chi connectivity index (χ0v) is 27.2. The zero-order chi connectivity index (χ0) is 31.2. The summed E-state index contributed by atoms with van der Waals surface area (Å²) in [5.74, 6) is -0.927. The van der Waals surface area contributed by atoms with Gasteiger partial charge in [-0.05, 0) is 94.3 Å². The minimum atomic E-state index is -0.605. The molecule has 1 saturated heterocycles. The highest BCUT2D eigenvalue weighted by Crippen LogP contribution is 2.35. The van der Waals surface area contributed by atoms with Crippen LogP contribution < -0.4 is 20.3 Å². The van der Waals surface area contributed by atoms with Crippen molar-refractivity contribution in [1.29, 1.82) is 0 Å². The van der Waals surface area contributed by atoms with Crippen LogP contribution in [-0.2, 0) is 14.4 Å². The number of nitrogens with zero attached hydrogens (tertiary/aromatic N) is 1. The first-order chi connectivity index (χ1) is 21.2. The number of thioether (sulfide) groups is 1. The molecule has 5 rings (SSSR count). The van der Waals surface area contributed by atoms with Crippen molar-refractivity contribution in [2.45, 2.75) is 16.6 Å². The summed E-state index contributed by atoms with van der Waals surface area (Å²) in [6, 6.07) is 27.9. The number of anilines is 2. The molecule has 0 spiro atoms. The third kappa shape index (κ3) is 7.47. The minimum Gasteiger partial charge on any atom is -0.496 e. The fourth-order valence-corrected chi connectivity index (χ4v) is 6.38. The number of amides is 4. The van der Waals surface area contributed by atoms with Crippen LogP contribution >= 0.6 is 43.6 Å². The summed E-state index contributed by atoms with van der Waals surface area (Å²) in [7, 11) is 1.56. The third-order valence-electron chi connectivity index (χ3n) is 6.58. The van der Waals surface area contributed by atoms with Crippen LogP contribution in [0.5, 0.6) is 5.75 Å². The Hall–Kier alpha value is -4.19. The van der Waals surface area contributed by atoms with Crippen LogP contribution in [-0.4, -0.2) is 36.0 Å². The number of imide groups is 1. The summed E-state index contributed by atoms with van der Waals surface area (Å²) >= 11 is 8.08. The second-order valence-electron chi connectivity index (χ2n) is 9.61. The van der Waals surface area contributed by atoms with Crippen LogP contribution in [0.25, 0.3) is 6.08 Å². The molecule has 1 aliphatic heterocycles. The van der Waals surface area contributed by atoms with Crippen molar-refractivity contribution in [3.8, 4) is 5.75 Å². The van der Waals surface area contributed by atoms with E-state index in [1.54, 1.807) is 104 Å². The molecular formula is C33H25Br2N3O5S. The molecule has 0 aromatic heterocycles. The number of halogens is 2. The smallest absolute Gasteiger partial charge is 0.272 e. The molecule has 8 nitrogen and oxygen atoms in total. The van der Waals surface area contributed by atoms with Crippen molar-refractivity contribution in [3.63, 3.8) is 0 Å². The van der Waals surface area contributed by atoms with Crippen LogP contribution in [0.1, 0.15) is 22.3 Å². The second kappa shape index (κ2) is 14.1. The van der Waals surface area contributed by atoms with Crippen LogP contribution in [0, 0.1) is 0 Å². The number of ether oxygens (including phenoxy) is 1. The van der Waals surface area contributed by atoms with Gasteiger partial charge in [0.25, 0.3) is 11.8 Å². The highest BCUT2D eigenvalue weighted by Gasteiger charge is 2.40. The van der Waals surface area contributed by atoms with Crippen molar-refractivity contribution in [2.75, 3.05) is 17.3 Å². The first kappa shape index (κ1) is 31.2. The molecule has 1 aliphatic rings. The summed E-state index contributed by atoms with van der Waals surface area (Å²) in [6.45, 7) is 0. The summed E-state index contributed by atoms with van der Waals surface area (Å²) in [5.41, 5.74) is 2.05. The topological polar surface area (TPSA) is 105 Å². The molecule has 1 fully saturated rings. The van der Waals surface area contributed by atoms with E-state index in [0.717, 1.165) is 4.47 Å². The third-order valence-corrected chi connectivity index (χ3v) is 8.90.